The van der Waals surface area contributed by atoms with E-state index >= 15 is 0 Å². The average molecular weight is 445 g/mol. The van der Waals surface area contributed by atoms with Crippen LogP contribution in [0, 0.1) is 20.8 Å². The van der Waals surface area contributed by atoms with Gasteiger partial charge < -0.3 is 15.8 Å². The monoisotopic (exact) mass is 444 g/mol. The second-order valence-electron chi connectivity index (χ2n) is 7.07. The molecule has 7 nitrogen and oxygen atoms in total. The van der Waals surface area contributed by atoms with Crippen LogP contribution in [0.3, 0.4) is 0 Å². The summed E-state index contributed by atoms with van der Waals surface area (Å²) in [4.78, 5) is 4.67. The summed E-state index contributed by atoms with van der Waals surface area (Å²) < 4.78 is 0. The largest absolute Gasteiger partial charge is 0.411 e. The van der Waals surface area contributed by atoms with Crippen LogP contribution >= 0.6 is 11.6 Å². The van der Waals surface area contributed by atoms with E-state index in [0.29, 0.717) is 22.4 Å². The quantitative estimate of drug-likeness (QED) is 0.141. The third kappa shape index (κ3) is 7.94. The van der Waals surface area contributed by atoms with Crippen LogP contribution in [0.2, 0.25) is 0 Å². The lowest BCUT2D eigenvalue weighted by molar-refractivity contribution is 0.319. The summed E-state index contributed by atoms with van der Waals surface area (Å²) in [6, 6.07) is 5.89. The van der Waals surface area contributed by atoms with Gasteiger partial charge in [-0.05, 0) is 71.7 Å². The number of anilines is 2. The zero-order chi connectivity index (χ0) is 23.6. The molecule has 31 heavy (non-hydrogen) atoms. The molecule has 0 fully saturated rings. The van der Waals surface area contributed by atoms with E-state index in [1.807, 2.05) is 59.7 Å². The summed E-state index contributed by atoms with van der Waals surface area (Å²) >= 11 is 6.33. The van der Waals surface area contributed by atoms with Crippen LogP contribution in [0.15, 0.2) is 52.1 Å². The summed E-state index contributed by atoms with van der Waals surface area (Å²) in [6.07, 6.45) is 3.29. The third-order valence-corrected chi connectivity index (χ3v) is 4.63. The van der Waals surface area contributed by atoms with E-state index in [1.165, 1.54) is 0 Å². The van der Waals surface area contributed by atoms with Crippen molar-refractivity contribution in [3.63, 3.8) is 0 Å². The predicted octanol–water partition coefficient (Wildman–Crippen LogP) is 6.14. The minimum absolute atomic E-state index is 0.243. The first kappa shape index (κ1) is 26.0. The van der Waals surface area contributed by atoms with Gasteiger partial charge in [-0.1, -0.05) is 28.9 Å². The van der Waals surface area contributed by atoms with Gasteiger partial charge in [0.25, 0.3) is 0 Å². The Morgan fingerprint density at radius 2 is 1.87 bits per heavy atom. The van der Waals surface area contributed by atoms with Gasteiger partial charge in [0, 0.05) is 23.0 Å². The number of benzene rings is 1. The Bertz CT molecular complexity index is 974. The van der Waals surface area contributed by atoms with Crippen LogP contribution in [0.1, 0.15) is 50.1 Å². The fraction of sp³-hybridized carbons (Fsp3) is 0.348. The van der Waals surface area contributed by atoms with Crippen LogP contribution in [-0.2, 0) is 0 Å². The number of H-pyrrole nitrogens is 1. The summed E-state index contributed by atoms with van der Waals surface area (Å²) in [5.41, 5.74) is 5.43. The molecule has 0 radical (unpaired) electrons. The zero-order valence-electron chi connectivity index (χ0n) is 19.3. The summed E-state index contributed by atoms with van der Waals surface area (Å²) in [5, 5.41) is 26.4. The number of aliphatic imine (C=N–C) groups is 1. The first-order valence-corrected chi connectivity index (χ1v) is 10.4. The average Bonchev–Trinajstić information content (AvgIpc) is 3.14. The molecule has 1 aromatic heterocycles. The molecule has 8 heteroatoms. The van der Waals surface area contributed by atoms with Crippen LogP contribution in [0.25, 0.3) is 0 Å². The molecule has 168 valence electrons. The number of nitrogens with zero attached hydrogens (tertiary/aromatic N) is 3. The summed E-state index contributed by atoms with van der Waals surface area (Å²) in [7, 11) is 0. The van der Waals surface area contributed by atoms with Crippen molar-refractivity contribution in [2.24, 2.45) is 10.1 Å². The smallest absolute Gasteiger partial charge is 0.153 e. The van der Waals surface area contributed by atoms with Gasteiger partial charge in [-0.15, -0.1) is 6.58 Å². The first-order valence-electron chi connectivity index (χ1n) is 9.99. The Kier molecular flexibility index (Phi) is 10.6. The number of halogens is 1. The van der Waals surface area contributed by atoms with Gasteiger partial charge in [-0.3, -0.25) is 5.10 Å². The SMILES string of the molecule is C/C=C(Cl)\C(=N/C(C)Nc1cc(C)c(/C(C)=N/O)cc1C)Nc1cc(C)[nH]n1.C=CC. The summed E-state index contributed by atoms with van der Waals surface area (Å²) in [5.74, 6) is 1.18. The van der Waals surface area contributed by atoms with E-state index in [1.54, 1.807) is 19.1 Å². The van der Waals surface area contributed by atoms with Crippen molar-refractivity contribution in [1.82, 2.24) is 10.2 Å². The number of rotatable bonds is 6. The lowest BCUT2D eigenvalue weighted by atomic mass is 10.0. The molecule has 1 heterocycles. The maximum atomic E-state index is 9.04. The standard InChI is InChI=1S/C20H27ClN6O.C3H6/c1-7-17(21)20(24-19-10-13(4)25-26-19)23-15(6)22-18-9-11(2)16(8-12(18)3)14(5)27-28;1-3-2/h7-10,15,22,28H,1-6H3,(H2,23,24,25,26);3H,1H2,2H3/b17-7+,27-14+;. The van der Waals surface area contributed by atoms with Crippen molar-refractivity contribution in [2.75, 3.05) is 10.6 Å². The van der Waals surface area contributed by atoms with Crippen LogP contribution in [0.4, 0.5) is 11.5 Å². The van der Waals surface area contributed by atoms with E-state index in [4.69, 9.17) is 16.8 Å². The highest BCUT2D eigenvalue weighted by molar-refractivity contribution is 6.44. The normalized spacial score (nSPS) is 13.2. The fourth-order valence-corrected chi connectivity index (χ4v) is 2.86. The van der Waals surface area contributed by atoms with Crippen molar-refractivity contribution < 1.29 is 5.21 Å². The molecule has 0 bridgehead atoms. The number of aromatic nitrogens is 2. The molecule has 0 aliphatic heterocycles. The van der Waals surface area contributed by atoms with Crippen molar-refractivity contribution >= 4 is 34.7 Å². The Morgan fingerprint density at radius 3 is 2.39 bits per heavy atom. The first-order chi connectivity index (χ1) is 14.7. The van der Waals surface area contributed by atoms with Gasteiger partial charge in [0.05, 0.1) is 10.7 Å². The number of aromatic amines is 1. The molecule has 1 aromatic carbocycles. The maximum Gasteiger partial charge on any atom is 0.153 e. The number of oxime groups is 1. The molecule has 0 amide bonds. The maximum absolute atomic E-state index is 9.04. The molecule has 2 aromatic rings. The molecule has 0 spiro atoms. The van der Waals surface area contributed by atoms with E-state index in [2.05, 4.69) is 37.6 Å². The topological polar surface area (TPSA) is 97.7 Å². The van der Waals surface area contributed by atoms with Gasteiger partial charge >= 0.3 is 0 Å². The van der Waals surface area contributed by atoms with Gasteiger partial charge in [-0.25, -0.2) is 4.99 Å². The van der Waals surface area contributed by atoms with Gasteiger partial charge in [0.1, 0.15) is 12.0 Å². The number of hydrogen-bond acceptors (Lipinski definition) is 5. The molecule has 0 aliphatic rings. The van der Waals surface area contributed by atoms with Crippen molar-refractivity contribution in [3.05, 3.63) is 64.3 Å². The van der Waals surface area contributed by atoms with Crippen molar-refractivity contribution in [3.8, 4) is 0 Å². The number of amidine groups is 1. The Morgan fingerprint density at radius 1 is 1.23 bits per heavy atom. The van der Waals surface area contributed by atoms with E-state index < -0.39 is 0 Å². The molecule has 1 unspecified atom stereocenters. The molecular weight excluding hydrogens is 412 g/mol. The summed E-state index contributed by atoms with van der Waals surface area (Å²) in [6.45, 7) is 16.7. The number of aryl methyl sites for hydroxylation is 3. The Balaban J connectivity index is 0.00000151. The highest BCUT2D eigenvalue weighted by Crippen LogP contribution is 2.22. The van der Waals surface area contributed by atoms with E-state index in [-0.39, 0.29) is 6.17 Å². The Labute approximate surface area is 190 Å². The fourth-order valence-electron chi connectivity index (χ4n) is 2.76. The molecule has 0 saturated heterocycles. The molecule has 4 N–H and O–H groups in total. The van der Waals surface area contributed by atoms with Crippen LogP contribution < -0.4 is 10.6 Å². The minimum atomic E-state index is -0.243. The van der Waals surface area contributed by atoms with Crippen LogP contribution in [-0.4, -0.2) is 33.1 Å². The predicted molar refractivity (Wildman–Crippen MR) is 133 cm³/mol. The third-order valence-electron chi connectivity index (χ3n) is 4.23. The molecule has 0 saturated carbocycles. The highest BCUT2D eigenvalue weighted by atomic mass is 35.5. The minimum Gasteiger partial charge on any atom is -0.411 e. The van der Waals surface area contributed by atoms with Crippen molar-refractivity contribution in [2.45, 2.75) is 54.6 Å². The zero-order valence-corrected chi connectivity index (χ0v) is 20.1. The number of allylic oxidation sites excluding steroid dienone is 2. The van der Waals surface area contributed by atoms with Crippen LogP contribution in [0.5, 0.6) is 0 Å². The Hall–Kier alpha value is -3.06. The van der Waals surface area contributed by atoms with Gasteiger partial charge in [0.15, 0.2) is 5.82 Å². The van der Waals surface area contributed by atoms with E-state index in [9.17, 15) is 0 Å². The number of hydrogen-bond donors (Lipinski definition) is 4. The second-order valence-corrected chi connectivity index (χ2v) is 7.48. The van der Waals surface area contributed by atoms with Gasteiger partial charge in [-0.2, -0.15) is 5.10 Å². The number of nitrogens with one attached hydrogen (secondary N) is 3. The molecule has 2 rings (SSSR count). The molecule has 1 atom stereocenters. The molecular formula is C23H33ClN6O. The van der Waals surface area contributed by atoms with E-state index in [0.717, 1.165) is 28.1 Å². The highest BCUT2D eigenvalue weighted by Gasteiger charge is 2.12. The van der Waals surface area contributed by atoms with Gasteiger partial charge in [0.2, 0.25) is 0 Å². The second kappa shape index (κ2) is 12.6. The van der Waals surface area contributed by atoms with Crippen molar-refractivity contribution in [1.29, 1.82) is 0 Å². The lowest BCUT2D eigenvalue weighted by Gasteiger charge is -2.18. The molecule has 0 aliphatic carbocycles. The lowest BCUT2D eigenvalue weighted by Crippen LogP contribution is -2.21.